The number of carbonyl (C=O) groups is 2. The topological polar surface area (TPSA) is 64.6 Å². The Kier molecular flexibility index (Phi) is 7.17. The summed E-state index contributed by atoms with van der Waals surface area (Å²) in [6.07, 6.45) is 3.05. The van der Waals surface area contributed by atoms with Crippen LogP contribution in [0.4, 0.5) is 0 Å². The first-order chi connectivity index (χ1) is 12.8. The summed E-state index contributed by atoms with van der Waals surface area (Å²) in [6, 6.07) is 17.3. The van der Waals surface area contributed by atoms with E-state index in [1.165, 1.54) is 6.08 Å². The molecule has 142 valence electrons. The highest BCUT2D eigenvalue weighted by molar-refractivity contribution is 5.93. The summed E-state index contributed by atoms with van der Waals surface area (Å²) in [4.78, 5) is 23.3. The number of nitrogens with one attached hydrogen (secondary N) is 1. The Labute approximate surface area is 160 Å². The number of rotatable bonds is 7. The van der Waals surface area contributed by atoms with Crippen LogP contribution in [0.5, 0.6) is 5.75 Å². The van der Waals surface area contributed by atoms with Crippen molar-refractivity contribution in [2.24, 2.45) is 0 Å². The first-order valence-electron chi connectivity index (χ1n) is 8.76. The van der Waals surface area contributed by atoms with Gasteiger partial charge in [-0.25, -0.2) is 0 Å². The average molecular weight is 367 g/mol. The maximum absolute atomic E-state index is 11.8. The molecule has 0 saturated heterocycles. The first-order valence-corrected chi connectivity index (χ1v) is 8.76. The molecule has 0 saturated carbocycles. The van der Waals surface area contributed by atoms with Crippen molar-refractivity contribution < 1.29 is 19.1 Å². The summed E-state index contributed by atoms with van der Waals surface area (Å²) < 4.78 is 10.8. The highest BCUT2D eigenvalue weighted by Crippen LogP contribution is 2.15. The van der Waals surface area contributed by atoms with Gasteiger partial charge in [-0.1, -0.05) is 42.5 Å². The number of benzene rings is 2. The van der Waals surface area contributed by atoms with Gasteiger partial charge in [0.15, 0.2) is 0 Å². The summed E-state index contributed by atoms with van der Waals surface area (Å²) in [7, 11) is 0. The van der Waals surface area contributed by atoms with Gasteiger partial charge >= 0.3 is 5.97 Å². The lowest BCUT2D eigenvalue weighted by atomic mass is 10.2. The molecule has 27 heavy (non-hydrogen) atoms. The van der Waals surface area contributed by atoms with E-state index in [9.17, 15) is 9.59 Å². The fourth-order valence-electron chi connectivity index (χ4n) is 2.18. The fourth-order valence-corrected chi connectivity index (χ4v) is 2.18. The smallest absolute Gasteiger partial charge is 0.325 e. The van der Waals surface area contributed by atoms with E-state index in [4.69, 9.17) is 9.47 Å². The molecule has 2 aromatic carbocycles. The van der Waals surface area contributed by atoms with Crippen LogP contribution in [-0.2, 0) is 20.9 Å². The van der Waals surface area contributed by atoms with Crippen molar-refractivity contribution in [2.45, 2.75) is 33.0 Å². The molecule has 0 fully saturated rings. The van der Waals surface area contributed by atoms with Crippen molar-refractivity contribution in [1.29, 1.82) is 0 Å². The Hall–Kier alpha value is -3.08. The van der Waals surface area contributed by atoms with Gasteiger partial charge in [0.2, 0.25) is 5.91 Å². The molecule has 0 aliphatic carbocycles. The summed E-state index contributed by atoms with van der Waals surface area (Å²) in [6.45, 7) is 5.68. The number of carbonyl (C=O) groups excluding carboxylic acids is 2. The van der Waals surface area contributed by atoms with Crippen molar-refractivity contribution in [2.75, 3.05) is 6.54 Å². The van der Waals surface area contributed by atoms with Gasteiger partial charge in [0, 0.05) is 6.08 Å². The van der Waals surface area contributed by atoms with E-state index in [1.54, 1.807) is 26.8 Å². The number of esters is 1. The summed E-state index contributed by atoms with van der Waals surface area (Å²) in [5.74, 6) is -0.0696. The molecule has 1 N–H and O–H groups in total. The minimum absolute atomic E-state index is 0.160. The highest BCUT2D eigenvalue weighted by atomic mass is 16.6. The lowest BCUT2D eigenvalue weighted by molar-refractivity contribution is -0.154. The third-order valence-corrected chi connectivity index (χ3v) is 3.38. The van der Waals surface area contributed by atoms with Crippen LogP contribution in [-0.4, -0.2) is 24.0 Å². The lowest BCUT2D eigenvalue weighted by Gasteiger charge is -2.19. The van der Waals surface area contributed by atoms with Gasteiger partial charge < -0.3 is 14.8 Å². The third-order valence-electron chi connectivity index (χ3n) is 3.38. The second-order valence-electron chi connectivity index (χ2n) is 6.98. The molecule has 5 heteroatoms. The van der Waals surface area contributed by atoms with E-state index in [0.29, 0.717) is 6.61 Å². The predicted molar refractivity (Wildman–Crippen MR) is 105 cm³/mol. The van der Waals surface area contributed by atoms with Gasteiger partial charge in [-0.05, 0) is 50.1 Å². The molecule has 5 nitrogen and oxygen atoms in total. The Bertz CT molecular complexity index is 774. The number of amides is 1. The number of hydrogen-bond acceptors (Lipinski definition) is 4. The van der Waals surface area contributed by atoms with Crippen LogP contribution in [0.3, 0.4) is 0 Å². The molecule has 2 rings (SSSR count). The Morgan fingerprint density at radius 3 is 2.30 bits per heavy atom. The van der Waals surface area contributed by atoms with E-state index in [2.05, 4.69) is 5.32 Å². The third kappa shape index (κ3) is 8.23. The molecule has 0 aliphatic heterocycles. The molecular formula is C22H25NO4. The van der Waals surface area contributed by atoms with E-state index in [-0.39, 0.29) is 12.5 Å². The predicted octanol–water partition coefficient (Wildman–Crippen LogP) is 3.74. The summed E-state index contributed by atoms with van der Waals surface area (Å²) in [5, 5.41) is 2.50. The van der Waals surface area contributed by atoms with Crippen LogP contribution >= 0.6 is 0 Å². The van der Waals surface area contributed by atoms with Gasteiger partial charge in [0.25, 0.3) is 0 Å². The van der Waals surface area contributed by atoms with Crippen molar-refractivity contribution in [3.63, 3.8) is 0 Å². The zero-order valence-electron chi connectivity index (χ0n) is 15.9. The molecule has 0 unspecified atom stereocenters. The van der Waals surface area contributed by atoms with Crippen LogP contribution in [0.25, 0.3) is 6.08 Å². The molecule has 2 aromatic rings. The van der Waals surface area contributed by atoms with Gasteiger partial charge in [-0.3, -0.25) is 9.59 Å². The van der Waals surface area contributed by atoms with Crippen LogP contribution in [0, 0.1) is 0 Å². The SMILES string of the molecule is CC(C)(C)OC(=O)CNC(=O)/C=C/c1ccc(OCc2ccccc2)cc1. The molecule has 0 bridgehead atoms. The van der Waals surface area contributed by atoms with E-state index < -0.39 is 11.6 Å². The zero-order chi connectivity index (χ0) is 19.7. The van der Waals surface area contributed by atoms with Crippen LogP contribution in [0.2, 0.25) is 0 Å². The minimum atomic E-state index is -0.567. The van der Waals surface area contributed by atoms with Gasteiger partial charge in [0.05, 0.1) is 0 Å². The maximum atomic E-state index is 11.8. The number of ether oxygens (including phenoxy) is 2. The molecule has 0 atom stereocenters. The largest absolute Gasteiger partial charge is 0.489 e. The minimum Gasteiger partial charge on any atom is -0.489 e. The van der Waals surface area contributed by atoms with E-state index >= 15 is 0 Å². The quantitative estimate of drug-likeness (QED) is 0.598. The summed E-state index contributed by atoms with van der Waals surface area (Å²) in [5.41, 5.74) is 1.39. The standard InChI is InChI=1S/C22H25NO4/c1-22(2,3)27-21(25)15-23-20(24)14-11-17-9-12-19(13-10-17)26-16-18-7-5-4-6-8-18/h4-14H,15-16H2,1-3H3,(H,23,24)/b14-11+. The molecule has 0 radical (unpaired) electrons. The molecule has 0 spiro atoms. The lowest BCUT2D eigenvalue weighted by Crippen LogP contribution is -2.33. The normalized spacial score (nSPS) is 11.2. The number of hydrogen-bond donors (Lipinski definition) is 1. The molecule has 0 heterocycles. The monoisotopic (exact) mass is 367 g/mol. The van der Waals surface area contributed by atoms with Gasteiger partial charge in [0.1, 0.15) is 24.5 Å². The zero-order valence-corrected chi connectivity index (χ0v) is 15.9. The van der Waals surface area contributed by atoms with Gasteiger partial charge in [-0.2, -0.15) is 0 Å². The maximum Gasteiger partial charge on any atom is 0.325 e. The molecule has 0 aromatic heterocycles. The molecule has 1 amide bonds. The van der Waals surface area contributed by atoms with Crippen molar-refractivity contribution in [3.8, 4) is 5.75 Å². The van der Waals surface area contributed by atoms with Crippen molar-refractivity contribution >= 4 is 18.0 Å². The Morgan fingerprint density at radius 2 is 1.67 bits per heavy atom. The van der Waals surface area contributed by atoms with Crippen LogP contribution in [0.1, 0.15) is 31.9 Å². The van der Waals surface area contributed by atoms with E-state index in [0.717, 1.165) is 16.9 Å². The van der Waals surface area contributed by atoms with E-state index in [1.807, 2.05) is 54.6 Å². The van der Waals surface area contributed by atoms with Gasteiger partial charge in [-0.15, -0.1) is 0 Å². The first kappa shape index (κ1) is 20.2. The van der Waals surface area contributed by atoms with Crippen LogP contribution in [0.15, 0.2) is 60.7 Å². The Morgan fingerprint density at radius 1 is 1.00 bits per heavy atom. The second-order valence-corrected chi connectivity index (χ2v) is 6.98. The van der Waals surface area contributed by atoms with Crippen molar-refractivity contribution in [3.05, 3.63) is 71.8 Å². The van der Waals surface area contributed by atoms with Crippen molar-refractivity contribution in [1.82, 2.24) is 5.32 Å². The molecule has 0 aliphatic rings. The fraction of sp³-hybridized carbons (Fsp3) is 0.273. The summed E-state index contributed by atoms with van der Waals surface area (Å²) >= 11 is 0. The molecular weight excluding hydrogens is 342 g/mol. The Balaban J connectivity index is 1.77. The second kappa shape index (κ2) is 9.57. The van der Waals surface area contributed by atoms with Crippen LogP contribution < -0.4 is 10.1 Å². The average Bonchev–Trinajstić information content (AvgIpc) is 2.63. The highest BCUT2D eigenvalue weighted by Gasteiger charge is 2.16.